The number of para-hydroxylation sites is 1. The van der Waals surface area contributed by atoms with Crippen molar-refractivity contribution in [3.63, 3.8) is 0 Å². The molecule has 0 saturated carbocycles. The number of anilines is 1. The zero-order chi connectivity index (χ0) is 13.1. The van der Waals surface area contributed by atoms with Crippen LogP contribution in [-0.4, -0.2) is 28.5 Å². The highest BCUT2D eigenvalue weighted by molar-refractivity contribution is 7.80. The van der Waals surface area contributed by atoms with Crippen LogP contribution in [0.5, 0.6) is 0 Å². The van der Waals surface area contributed by atoms with E-state index in [1.165, 1.54) is 0 Å². The fraction of sp³-hybridized carbons (Fsp3) is 0.308. The zero-order valence-corrected chi connectivity index (χ0v) is 11.3. The van der Waals surface area contributed by atoms with Gasteiger partial charge in [-0.25, -0.2) is 9.97 Å². The minimum Gasteiger partial charge on any atom is -0.393 e. The van der Waals surface area contributed by atoms with Gasteiger partial charge in [-0.3, -0.25) is 0 Å². The van der Waals surface area contributed by atoms with E-state index in [-0.39, 0.29) is 5.92 Å². The summed E-state index contributed by atoms with van der Waals surface area (Å²) in [6.07, 6.45) is 1.83. The first-order valence-electron chi connectivity index (χ1n) is 5.80. The molecule has 0 bridgehead atoms. The summed E-state index contributed by atoms with van der Waals surface area (Å²) in [6, 6.07) is 7.92. The molecule has 18 heavy (non-hydrogen) atoms. The van der Waals surface area contributed by atoms with E-state index in [4.69, 9.17) is 18.0 Å². The summed E-state index contributed by atoms with van der Waals surface area (Å²) in [6.45, 7) is 2.72. The lowest BCUT2D eigenvalue weighted by atomic mass is 10.2. The molecule has 0 aliphatic rings. The second-order valence-electron chi connectivity index (χ2n) is 4.41. The quantitative estimate of drug-likeness (QED) is 0.852. The third kappa shape index (κ3) is 2.73. The van der Waals surface area contributed by atoms with E-state index in [9.17, 15) is 0 Å². The maximum absolute atomic E-state index is 5.62. The molecular formula is C13H16N4S. The predicted octanol–water partition coefficient (Wildman–Crippen LogP) is 1.99. The second kappa shape index (κ2) is 5.27. The SMILES string of the molecule is CC(CN(C)c1ncc2ccccc2n1)C(N)=S. The molecule has 1 heterocycles. The molecule has 0 aliphatic carbocycles. The van der Waals surface area contributed by atoms with Gasteiger partial charge >= 0.3 is 0 Å². The van der Waals surface area contributed by atoms with Gasteiger partial charge in [-0.1, -0.05) is 37.3 Å². The largest absolute Gasteiger partial charge is 0.393 e. The fourth-order valence-electron chi connectivity index (χ4n) is 1.73. The van der Waals surface area contributed by atoms with Crippen molar-refractivity contribution >= 4 is 34.1 Å². The lowest BCUT2D eigenvalue weighted by molar-refractivity contribution is 0.727. The van der Waals surface area contributed by atoms with Gasteiger partial charge in [0.2, 0.25) is 5.95 Å². The number of aromatic nitrogens is 2. The van der Waals surface area contributed by atoms with Crippen LogP contribution in [-0.2, 0) is 0 Å². The topological polar surface area (TPSA) is 55.0 Å². The molecule has 0 fully saturated rings. The average Bonchev–Trinajstić information content (AvgIpc) is 2.37. The van der Waals surface area contributed by atoms with Crippen molar-refractivity contribution in [2.45, 2.75) is 6.92 Å². The van der Waals surface area contributed by atoms with Crippen LogP contribution in [0.3, 0.4) is 0 Å². The molecule has 2 aromatic rings. The Labute approximate surface area is 112 Å². The number of nitrogens with two attached hydrogens (primary N) is 1. The van der Waals surface area contributed by atoms with Gasteiger partial charge in [-0.05, 0) is 6.07 Å². The van der Waals surface area contributed by atoms with Gasteiger partial charge in [-0.2, -0.15) is 0 Å². The number of nitrogens with zero attached hydrogens (tertiary/aromatic N) is 3. The van der Waals surface area contributed by atoms with Crippen LogP contribution in [0.4, 0.5) is 5.95 Å². The first-order chi connectivity index (χ1) is 8.58. The Kier molecular flexibility index (Phi) is 3.72. The van der Waals surface area contributed by atoms with Crippen LogP contribution >= 0.6 is 12.2 Å². The van der Waals surface area contributed by atoms with E-state index in [0.717, 1.165) is 10.9 Å². The maximum Gasteiger partial charge on any atom is 0.225 e. The number of rotatable bonds is 4. The summed E-state index contributed by atoms with van der Waals surface area (Å²) in [4.78, 5) is 11.4. The molecule has 94 valence electrons. The van der Waals surface area contributed by atoms with E-state index >= 15 is 0 Å². The van der Waals surface area contributed by atoms with Crippen LogP contribution in [0.1, 0.15) is 6.92 Å². The summed E-state index contributed by atoms with van der Waals surface area (Å²) in [5.74, 6) is 0.830. The molecule has 0 amide bonds. The van der Waals surface area contributed by atoms with Crippen molar-refractivity contribution in [2.75, 3.05) is 18.5 Å². The van der Waals surface area contributed by atoms with Crippen molar-refractivity contribution < 1.29 is 0 Å². The van der Waals surface area contributed by atoms with Crippen molar-refractivity contribution in [1.82, 2.24) is 9.97 Å². The number of benzene rings is 1. The minimum atomic E-state index is 0.139. The molecule has 0 saturated heterocycles. The van der Waals surface area contributed by atoms with E-state index in [1.54, 1.807) is 0 Å². The molecule has 0 radical (unpaired) electrons. The van der Waals surface area contributed by atoms with E-state index in [1.807, 2.05) is 49.3 Å². The first-order valence-corrected chi connectivity index (χ1v) is 6.21. The lowest BCUT2D eigenvalue weighted by Gasteiger charge is -2.20. The number of hydrogen-bond donors (Lipinski definition) is 1. The summed E-state index contributed by atoms with van der Waals surface area (Å²) in [5.41, 5.74) is 6.56. The van der Waals surface area contributed by atoms with Crippen LogP contribution < -0.4 is 10.6 Å². The monoisotopic (exact) mass is 260 g/mol. The summed E-state index contributed by atoms with van der Waals surface area (Å²) in [7, 11) is 1.94. The van der Waals surface area contributed by atoms with Gasteiger partial charge in [0, 0.05) is 31.1 Å². The standard InChI is InChI=1S/C13H16N4S/c1-9(12(14)18)8-17(2)13-15-7-10-5-3-4-6-11(10)16-13/h3-7,9H,8H2,1-2H3,(H2,14,18). The molecule has 2 rings (SSSR count). The molecule has 1 unspecified atom stereocenters. The van der Waals surface area contributed by atoms with Crippen molar-refractivity contribution in [3.05, 3.63) is 30.5 Å². The molecule has 0 aliphatic heterocycles. The van der Waals surface area contributed by atoms with Gasteiger partial charge in [0.1, 0.15) is 0 Å². The molecule has 5 heteroatoms. The van der Waals surface area contributed by atoms with Crippen LogP contribution in [0.2, 0.25) is 0 Å². The highest BCUT2D eigenvalue weighted by Crippen LogP contribution is 2.14. The van der Waals surface area contributed by atoms with E-state index in [0.29, 0.717) is 17.5 Å². The van der Waals surface area contributed by atoms with Crippen LogP contribution in [0.15, 0.2) is 30.5 Å². The van der Waals surface area contributed by atoms with E-state index in [2.05, 4.69) is 9.97 Å². The summed E-state index contributed by atoms with van der Waals surface area (Å²) >= 11 is 4.97. The molecular weight excluding hydrogens is 244 g/mol. The summed E-state index contributed by atoms with van der Waals surface area (Å²) in [5, 5.41) is 1.04. The number of hydrogen-bond acceptors (Lipinski definition) is 4. The highest BCUT2D eigenvalue weighted by atomic mass is 32.1. The fourth-order valence-corrected chi connectivity index (χ4v) is 1.80. The van der Waals surface area contributed by atoms with Crippen molar-refractivity contribution in [3.8, 4) is 0 Å². The van der Waals surface area contributed by atoms with Crippen molar-refractivity contribution in [1.29, 1.82) is 0 Å². The smallest absolute Gasteiger partial charge is 0.225 e. The Morgan fingerprint density at radius 3 is 2.89 bits per heavy atom. The second-order valence-corrected chi connectivity index (χ2v) is 4.88. The van der Waals surface area contributed by atoms with Gasteiger partial charge < -0.3 is 10.6 Å². The highest BCUT2D eigenvalue weighted by Gasteiger charge is 2.11. The Bertz CT molecular complexity index is 570. The summed E-state index contributed by atoms with van der Waals surface area (Å²) < 4.78 is 0. The van der Waals surface area contributed by atoms with Crippen LogP contribution in [0.25, 0.3) is 10.9 Å². The van der Waals surface area contributed by atoms with Gasteiger partial charge in [0.25, 0.3) is 0 Å². The Morgan fingerprint density at radius 2 is 2.17 bits per heavy atom. The zero-order valence-electron chi connectivity index (χ0n) is 10.5. The maximum atomic E-state index is 5.62. The molecule has 0 spiro atoms. The third-order valence-corrected chi connectivity index (χ3v) is 3.25. The molecule has 4 nitrogen and oxygen atoms in total. The number of thiocarbonyl (C=S) groups is 1. The predicted molar refractivity (Wildman–Crippen MR) is 78.8 cm³/mol. The van der Waals surface area contributed by atoms with Gasteiger partial charge in [0.05, 0.1) is 10.5 Å². The molecule has 1 aromatic heterocycles. The molecule has 1 aromatic carbocycles. The molecule has 2 N–H and O–H groups in total. The minimum absolute atomic E-state index is 0.139. The molecule has 1 atom stereocenters. The van der Waals surface area contributed by atoms with Crippen LogP contribution in [0, 0.1) is 5.92 Å². The van der Waals surface area contributed by atoms with Gasteiger partial charge in [0.15, 0.2) is 0 Å². The third-order valence-electron chi connectivity index (χ3n) is 2.85. The first kappa shape index (κ1) is 12.7. The van der Waals surface area contributed by atoms with E-state index < -0.39 is 0 Å². The normalized spacial score (nSPS) is 12.3. The lowest BCUT2D eigenvalue weighted by Crippen LogP contribution is -2.32. The number of fused-ring (bicyclic) bond motifs is 1. The van der Waals surface area contributed by atoms with Crippen molar-refractivity contribution in [2.24, 2.45) is 11.7 Å². The Morgan fingerprint density at radius 1 is 1.44 bits per heavy atom. The Balaban J connectivity index is 2.22. The van der Waals surface area contributed by atoms with Gasteiger partial charge in [-0.15, -0.1) is 0 Å². The average molecular weight is 260 g/mol. The Hall–Kier alpha value is -1.75.